The molecule has 2 aliphatic rings. The van der Waals surface area contributed by atoms with Gasteiger partial charge in [-0.1, -0.05) is 23.4 Å². The fraction of sp³-hybridized carbons (Fsp3) is 0.471. The lowest BCUT2D eigenvalue weighted by atomic mass is 10.3. The molecule has 0 atom stereocenters. The molecule has 1 aromatic heterocycles. The minimum atomic E-state index is -3.58. The largest absolute Gasteiger partial charge is 0.416 e. The second-order valence-electron chi connectivity index (χ2n) is 6.77. The standard InChI is InChI=1S/C17H19ClN4O4S2/c18-13-6-5-12(28(24,25)22-7-1-2-8-22)9-14(13)19-15(23)10-27-17-21-20-16(26-17)11-3-4-11/h5-6,9,11H,1-4,7-8,10H2,(H,19,23). The van der Waals surface area contributed by atoms with Crippen molar-refractivity contribution in [3.63, 3.8) is 0 Å². The molecule has 1 saturated heterocycles. The van der Waals surface area contributed by atoms with E-state index in [0.29, 0.717) is 30.1 Å². The van der Waals surface area contributed by atoms with Gasteiger partial charge in [-0.15, -0.1) is 10.2 Å². The van der Waals surface area contributed by atoms with Crippen LogP contribution in [0, 0.1) is 0 Å². The maximum Gasteiger partial charge on any atom is 0.277 e. The normalized spacial score (nSPS) is 17.8. The van der Waals surface area contributed by atoms with Gasteiger partial charge in [-0.05, 0) is 43.9 Å². The first-order chi connectivity index (χ1) is 13.4. The number of amides is 1. The molecule has 2 heterocycles. The van der Waals surface area contributed by atoms with E-state index in [1.165, 1.54) is 22.5 Å². The second kappa shape index (κ2) is 8.02. The molecule has 0 radical (unpaired) electrons. The number of carbonyl (C=O) groups excluding carboxylic acids is 1. The van der Waals surface area contributed by atoms with Gasteiger partial charge in [0.2, 0.25) is 21.8 Å². The molecule has 11 heteroatoms. The first-order valence-corrected chi connectivity index (χ1v) is 11.8. The van der Waals surface area contributed by atoms with Gasteiger partial charge in [0.05, 0.1) is 21.4 Å². The van der Waals surface area contributed by atoms with Crippen LogP contribution in [0.2, 0.25) is 5.02 Å². The number of hydrogen-bond donors (Lipinski definition) is 1. The summed E-state index contributed by atoms with van der Waals surface area (Å²) >= 11 is 7.27. The van der Waals surface area contributed by atoms with E-state index in [9.17, 15) is 13.2 Å². The Labute approximate surface area is 172 Å². The summed E-state index contributed by atoms with van der Waals surface area (Å²) in [7, 11) is -3.58. The number of benzene rings is 1. The molecule has 1 aliphatic heterocycles. The SMILES string of the molecule is O=C(CSc1nnc(C2CC2)o1)Nc1cc(S(=O)(=O)N2CCCC2)ccc1Cl. The van der Waals surface area contributed by atoms with Crippen LogP contribution < -0.4 is 5.32 Å². The van der Waals surface area contributed by atoms with Crippen LogP contribution in [0.15, 0.2) is 32.7 Å². The monoisotopic (exact) mass is 442 g/mol. The quantitative estimate of drug-likeness (QED) is 0.656. The minimum absolute atomic E-state index is 0.0474. The van der Waals surface area contributed by atoms with Gasteiger partial charge in [-0.25, -0.2) is 8.42 Å². The van der Waals surface area contributed by atoms with E-state index in [1.54, 1.807) is 0 Å². The third-order valence-electron chi connectivity index (χ3n) is 4.59. The molecule has 2 aromatic rings. The number of anilines is 1. The predicted molar refractivity (Wildman–Crippen MR) is 105 cm³/mol. The van der Waals surface area contributed by atoms with Gasteiger partial charge in [0.15, 0.2) is 0 Å². The molecule has 0 spiro atoms. The molecule has 8 nitrogen and oxygen atoms in total. The van der Waals surface area contributed by atoms with Crippen molar-refractivity contribution in [2.75, 3.05) is 24.2 Å². The van der Waals surface area contributed by atoms with Crippen molar-refractivity contribution in [3.8, 4) is 0 Å². The molecule has 0 bridgehead atoms. The van der Waals surface area contributed by atoms with Crippen molar-refractivity contribution in [1.82, 2.24) is 14.5 Å². The highest BCUT2D eigenvalue weighted by Gasteiger charge is 2.30. The summed E-state index contributed by atoms with van der Waals surface area (Å²) in [5, 5.41) is 11.2. The molecular weight excluding hydrogens is 424 g/mol. The Morgan fingerprint density at radius 1 is 1.29 bits per heavy atom. The molecule has 2 fully saturated rings. The van der Waals surface area contributed by atoms with Crippen molar-refractivity contribution in [1.29, 1.82) is 0 Å². The number of hydrogen-bond acceptors (Lipinski definition) is 7. The van der Waals surface area contributed by atoms with Gasteiger partial charge < -0.3 is 9.73 Å². The third kappa shape index (κ3) is 4.35. The maximum absolute atomic E-state index is 12.7. The summed E-state index contributed by atoms with van der Waals surface area (Å²) in [6.45, 7) is 1.02. The Morgan fingerprint density at radius 2 is 2.04 bits per heavy atom. The van der Waals surface area contributed by atoms with Crippen molar-refractivity contribution < 1.29 is 17.6 Å². The maximum atomic E-state index is 12.7. The number of nitrogens with one attached hydrogen (secondary N) is 1. The molecule has 0 unspecified atom stereocenters. The van der Waals surface area contributed by atoms with E-state index < -0.39 is 10.0 Å². The van der Waals surface area contributed by atoms with Crippen molar-refractivity contribution in [3.05, 3.63) is 29.1 Å². The molecule has 1 N–H and O–H groups in total. The van der Waals surface area contributed by atoms with Gasteiger partial charge in [-0.3, -0.25) is 4.79 Å². The number of nitrogens with zero attached hydrogens (tertiary/aromatic N) is 3. The lowest BCUT2D eigenvalue weighted by Crippen LogP contribution is -2.28. The summed E-state index contributed by atoms with van der Waals surface area (Å²) in [4.78, 5) is 12.4. The van der Waals surface area contributed by atoms with Crippen molar-refractivity contribution in [2.45, 2.75) is 41.7 Å². The molecule has 150 valence electrons. The fourth-order valence-corrected chi connectivity index (χ4v) is 5.20. The summed E-state index contributed by atoms with van der Waals surface area (Å²) in [5.74, 6) is 0.681. The fourth-order valence-electron chi connectivity index (χ4n) is 2.93. The van der Waals surface area contributed by atoms with E-state index in [0.717, 1.165) is 37.4 Å². The zero-order valence-electron chi connectivity index (χ0n) is 14.9. The van der Waals surface area contributed by atoms with Gasteiger partial charge in [0.25, 0.3) is 5.22 Å². The lowest BCUT2D eigenvalue weighted by Gasteiger charge is -2.16. The second-order valence-corrected chi connectivity index (χ2v) is 10.0. The van der Waals surface area contributed by atoms with Crippen molar-refractivity contribution in [2.24, 2.45) is 0 Å². The van der Waals surface area contributed by atoms with Gasteiger partial charge in [-0.2, -0.15) is 4.31 Å². The molecule has 1 amide bonds. The van der Waals surface area contributed by atoms with Crippen LogP contribution in [0.5, 0.6) is 0 Å². The summed E-state index contributed by atoms with van der Waals surface area (Å²) in [5.41, 5.74) is 0.261. The highest BCUT2D eigenvalue weighted by atomic mass is 35.5. The van der Waals surface area contributed by atoms with Crippen LogP contribution in [0.1, 0.15) is 37.5 Å². The van der Waals surface area contributed by atoms with Crippen LogP contribution in [0.25, 0.3) is 0 Å². The summed E-state index contributed by atoms with van der Waals surface area (Å²) in [6, 6.07) is 4.34. The molecule has 1 saturated carbocycles. The van der Waals surface area contributed by atoms with Crippen LogP contribution in [-0.4, -0.2) is 47.7 Å². The highest BCUT2D eigenvalue weighted by molar-refractivity contribution is 7.99. The van der Waals surface area contributed by atoms with Gasteiger partial charge in [0.1, 0.15) is 0 Å². The zero-order valence-corrected chi connectivity index (χ0v) is 17.3. The van der Waals surface area contributed by atoms with Crippen LogP contribution in [0.4, 0.5) is 5.69 Å². The van der Waals surface area contributed by atoms with E-state index >= 15 is 0 Å². The predicted octanol–water partition coefficient (Wildman–Crippen LogP) is 3.12. The van der Waals surface area contributed by atoms with Gasteiger partial charge in [0, 0.05) is 19.0 Å². The average Bonchev–Trinajstić information content (AvgIpc) is 3.18. The summed E-state index contributed by atoms with van der Waals surface area (Å²) < 4.78 is 32.3. The average molecular weight is 443 g/mol. The van der Waals surface area contributed by atoms with E-state index in [-0.39, 0.29) is 27.3 Å². The van der Waals surface area contributed by atoms with E-state index in [4.69, 9.17) is 16.0 Å². The third-order valence-corrected chi connectivity index (χ3v) is 7.63. The topological polar surface area (TPSA) is 105 Å². The van der Waals surface area contributed by atoms with Crippen LogP contribution >= 0.6 is 23.4 Å². The van der Waals surface area contributed by atoms with E-state index in [2.05, 4.69) is 15.5 Å². The molecular formula is C17H19ClN4O4S2. The first-order valence-electron chi connectivity index (χ1n) is 8.99. The number of aromatic nitrogens is 2. The Bertz CT molecular complexity index is 985. The summed E-state index contributed by atoms with van der Waals surface area (Å²) in [6.07, 6.45) is 3.82. The van der Waals surface area contributed by atoms with Crippen LogP contribution in [-0.2, 0) is 14.8 Å². The Hall–Kier alpha value is -1.62. The molecule has 4 rings (SSSR count). The number of sulfonamides is 1. The number of halogens is 1. The smallest absolute Gasteiger partial charge is 0.277 e. The highest BCUT2D eigenvalue weighted by Crippen LogP contribution is 2.39. The van der Waals surface area contributed by atoms with E-state index in [1.807, 2.05) is 0 Å². The number of thioether (sulfide) groups is 1. The zero-order chi connectivity index (χ0) is 19.7. The Kier molecular flexibility index (Phi) is 5.64. The van der Waals surface area contributed by atoms with Crippen LogP contribution in [0.3, 0.4) is 0 Å². The molecule has 1 aliphatic carbocycles. The van der Waals surface area contributed by atoms with Gasteiger partial charge >= 0.3 is 0 Å². The number of carbonyl (C=O) groups is 1. The minimum Gasteiger partial charge on any atom is -0.416 e. The molecule has 1 aromatic carbocycles. The Balaban J connectivity index is 1.40. The van der Waals surface area contributed by atoms with Crippen molar-refractivity contribution >= 4 is 45.0 Å². The molecule has 28 heavy (non-hydrogen) atoms. The Morgan fingerprint density at radius 3 is 2.75 bits per heavy atom. The lowest BCUT2D eigenvalue weighted by molar-refractivity contribution is -0.113. The first kappa shape index (κ1) is 19.7. The number of rotatable bonds is 7.